The van der Waals surface area contributed by atoms with Crippen LogP contribution in [0, 0.1) is 0 Å². The number of nitrogens with one attached hydrogen (secondary N) is 1. The maximum absolute atomic E-state index is 12.9. The number of aromatic nitrogens is 2. The van der Waals surface area contributed by atoms with Crippen LogP contribution >= 0.6 is 11.3 Å². The highest BCUT2D eigenvalue weighted by Gasteiger charge is 2.36. The third-order valence-electron chi connectivity index (χ3n) is 3.33. The molecular formula is C11H17N5O3S2. The van der Waals surface area contributed by atoms with Crippen molar-refractivity contribution in [2.24, 2.45) is 5.84 Å². The minimum Gasteiger partial charge on any atom is -0.373 e. The van der Waals surface area contributed by atoms with E-state index in [2.05, 4.69) is 10.4 Å². The molecular weight excluding hydrogens is 314 g/mol. The van der Waals surface area contributed by atoms with Crippen LogP contribution in [0.4, 0.5) is 5.82 Å². The molecule has 0 aliphatic carbocycles. The molecule has 0 unspecified atom stereocenters. The number of sulfonamides is 1. The number of rotatable bonds is 3. The van der Waals surface area contributed by atoms with Gasteiger partial charge in [0.05, 0.1) is 12.2 Å². The molecule has 21 heavy (non-hydrogen) atoms. The van der Waals surface area contributed by atoms with Crippen LogP contribution in [-0.2, 0) is 14.8 Å². The van der Waals surface area contributed by atoms with Gasteiger partial charge >= 0.3 is 0 Å². The minimum absolute atomic E-state index is 0.0718. The number of nitrogens with zero attached hydrogens (tertiary/aromatic N) is 3. The monoisotopic (exact) mass is 331 g/mol. The Morgan fingerprint density at radius 2 is 2.10 bits per heavy atom. The molecule has 8 nitrogen and oxygen atoms in total. The van der Waals surface area contributed by atoms with Gasteiger partial charge in [-0.2, -0.15) is 9.29 Å². The number of hydrazine groups is 1. The van der Waals surface area contributed by atoms with Crippen molar-refractivity contribution < 1.29 is 13.2 Å². The van der Waals surface area contributed by atoms with Crippen LogP contribution in [0.5, 0.6) is 0 Å². The van der Waals surface area contributed by atoms with Crippen LogP contribution in [0.25, 0.3) is 4.96 Å². The van der Waals surface area contributed by atoms with E-state index in [0.29, 0.717) is 18.1 Å². The van der Waals surface area contributed by atoms with E-state index < -0.39 is 10.0 Å². The molecule has 2 atom stereocenters. The van der Waals surface area contributed by atoms with Crippen molar-refractivity contribution >= 4 is 32.1 Å². The molecule has 1 aliphatic heterocycles. The van der Waals surface area contributed by atoms with Gasteiger partial charge in [0.2, 0.25) is 5.03 Å². The van der Waals surface area contributed by atoms with Crippen molar-refractivity contribution in [1.82, 2.24) is 13.7 Å². The molecule has 116 valence electrons. The van der Waals surface area contributed by atoms with Crippen molar-refractivity contribution in [1.29, 1.82) is 0 Å². The molecule has 0 amide bonds. The molecule has 10 heteroatoms. The lowest BCUT2D eigenvalue weighted by molar-refractivity contribution is -0.0441. The highest BCUT2D eigenvalue weighted by Crippen LogP contribution is 2.29. The zero-order chi connectivity index (χ0) is 15.2. The van der Waals surface area contributed by atoms with E-state index in [0.717, 1.165) is 0 Å². The van der Waals surface area contributed by atoms with E-state index >= 15 is 0 Å². The average Bonchev–Trinajstić information content (AvgIpc) is 2.96. The molecule has 0 bridgehead atoms. The number of hydrogen-bond donors (Lipinski definition) is 2. The van der Waals surface area contributed by atoms with Gasteiger partial charge in [-0.3, -0.25) is 4.40 Å². The lowest BCUT2D eigenvalue weighted by Crippen LogP contribution is -2.48. The Labute approximate surface area is 126 Å². The third kappa shape index (κ3) is 2.42. The third-order valence-corrected chi connectivity index (χ3v) is 5.94. The Morgan fingerprint density at radius 1 is 1.43 bits per heavy atom. The van der Waals surface area contributed by atoms with Crippen LogP contribution in [0.1, 0.15) is 13.8 Å². The molecule has 1 fully saturated rings. The summed E-state index contributed by atoms with van der Waals surface area (Å²) in [5, 5.41) is 1.86. The van der Waals surface area contributed by atoms with Gasteiger partial charge in [-0.15, -0.1) is 11.3 Å². The summed E-state index contributed by atoms with van der Waals surface area (Å²) in [6.07, 6.45) is 1.38. The Bertz CT molecular complexity index is 743. The summed E-state index contributed by atoms with van der Waals surface area (Å²) in [4.78, 5) is 4.78. The van der Waals surface area contributed by atoms with Crippen molar-refractivity contribution in [2.45, 2.75) is 31.1 Å². The average molecular weight is 331 g/mol. The Morgan fingerprint density at radius 3 is 2.71 bits per heavy atom. The molecule has 0 saturated carbocycles. The maximum atomic E-state index is 12.9. The largest absolute Gasteiger partial charge is 0.373 e. The quantitative estimate of drug-likeness (QED) is 0.626. The maximum Gasteiger partial charge on any atom is 0.263 e. The van der Waals surface area contributed by atoms with Gasteiger partial charge in [0.25, 0.3) is 10.0 Å². The first-order valence-electron chi connectivity index (χ1n) is 6.51. The highest BCUT2D eigenvalue weighted by atomic mass is 32.2. The van der Waals surface area contributed by atoms with Gasteiger partial charge in [0.15, 0.2) is 10.8 Å². The van der Waals surface area contributed by atoms with Gasteiger partial charge in [-0.1, -0.05) is 0 Å². The standard InChI is InChI=1S/C11H17N5O3S2/c1-7-5-15(6-8(2)19-7)21(17,18)10-9(14-12)13-11-16(10)3-4-20-11/h3-4,7-8,14H,5-6,12H2,1-2H3/t7-,8+. The fourth-order valence-corrected chi connectivity index (χ4v) is 5.13. The lowest BCUT2D eigenvalue weighted by Gasteiger charge is -2.34. The highest BCUT2D eigenvalue weighted by molar-refractivity contribution is 7.89. The fourth-order valence-electron chi connectivity index (χ4n) is 2.55. The molecule has 0 spiro atoms. The molecule has 2 aromatic rings. The number of hydrogen-bond acceptors (Lipinski definition) is 7. The van der Waals surface area contributed by atoms with Gasteiger partial charge in [0, 0.05) is 24.7 Å². The molecule has 0 aromatic carbocycles. The van der Waals surface area contributed by atoms with E-state index in [1.165, 1.54) is 15.6 Å². The summed E-state index contributed by atoms with van der Waals surface area (Å²) >= 11 is 1.35. The molecule has 2 aromatic heterocycles. The normalized spacial score (nSPS) is 24.5. The van der Waals surface area contributed by atoms with Gasteiger partial charge in [0.1, 0.15) is 0 Å². The van der Waals surface area contributed by atoms with Crippen molar-refractivity contribution in [3.8, 4) is 0 Å². The van der Waals surface area contributed by atoms with Crippen LogP contribution < -0.4 is 11.3 Å². The number of nitrogens with two attached hydrogens (primary N) is 1. The van der Waals surface area contributed by atoms with Crippen LogP contribution in [0.3, 0.4) is 0 Å². The Balaban J connectivity index is 2.09. The Hall–Kier alpha value is -1.20. The van der Waals surface area contributed by atoms with Crippen molar-refractivity contribution in [3.63, 3.8) is 0 Å². The van der Waals surface area contributed by atoms with Gasteiger partial charge < -0.3 is 10.2 Å². The van der Waals surface area contributed by atoms with Crippen LogP contribution in [0.2, 0.25) is 0 Å². The second kappa shape index (κ2) is 5.21. The fraction of sp³-hybridized carbons (Fsp3) is 0.545. The molecule has 1 saturated heterocycles. The first-order valence-corrected chi connectivity index (χ1v) is 8.83. The Kier molecular flexibility index (Phi) is 3.66. The van der Waals surface area contributed by atoms with E-state index in [-0.39, 0.29) is 23.1 Å². The smallest absolute Gasteiger partial charge is 0.263 e. The van der Waals surface area contributed by atoms with E-state index in [1.54, 1.807) is 16.0 Å². The number of fused-ring (bicyclic) bond motifs is 1. The summed E-state index contributed by atoms with van der Waals surface area (Å²) in [6.45, 7) is 4.34. The molecule has 3 N–H and O–H groups in total. The van der Waals surface area contributed by atoms with Crippen molar-refractivity contribution in [3.05, 3.63) is 11.6 Å². The number of morpholine rings is 1. The lowest BCUT2D eigenvalue weighted by atomic mass is 10.3. The summed E-state index contributed by atoms with van der Waals surface area (Å²) in [7, 11) is -3.71. The molecule has 3 rings (SSSR count). The van der Waals surface area contributed by atoms with E-state index in [4.69, 9.17) is 10.6 Å². The SMILES string of the molecule is C[C@@H]1CN(S(=O)(=O)c2c(NN)nc3sccn23)C[C@H](C)O1. The number of ether oxygens (including phenoxy) is 1. The van der Waals surface area contributed by atoms with Crippen molar-refractivity contribution in [2.75, 3.05) is 18.5 Å². The molecule has 1 aliphatic rings. The molecule has 0 radical (unpaired) electrons. The minimum atomic E-state index is -3.71. The first kappa shape index (κ1) is 14.7. The zero-order valence-electron chi connectivity index (χ0n) is 11.7. The number of nitrogen functional groups attached to an aromatic ring is 1. The topological polar surface area (TPSA) is 102 Å². The van der Waals surface area contributed by atoms with E-state index in [9.17, 15) is 8.42 Å². The molecule has 3 heterocycles. The van der Waals surface area contributed by atoms with Crippen LogP contribution in [0.15, 0.2) is 16.6 Å². The summed E-state index contributed by atoms with van der Waals surface area (Å²) in [5.74, 6) is 5.59. The number of anilines is 1. The predicted octanol–water partition coefficient (Wildman–Crippen LogP) is 0.479. The first-order chi connectivity index (χ1) is 9.93. The summed E-state index contributed by atoms with van der Waals surface area (Å²) in [6, 6.07) is 0. The summed E-state index contributed by atoms with van der Waals surface area (Å²) < 4.78 is 34.5. The number of imidazole rings is 1. The van der Waals surface area contributed by atoms with Crippen LogP contribution in [-0.4, -0.2) is 47.4 Å². The predicted molar refractivity (Wildman–Crippen MR) is 79.6 cm³/mol. The van der Waals surface area contributed by atoms with E-state index in [1.807, 2.05) is 13.8 Å². The number of thiazole rings is 1. The summed E-state index contributed by atoms with van der Waals surface area (Å²) in [5.41, 5.74) is 2.38. The van der Waals surface area contributed by atoms with Gasteiger partial charge in [-0.25, -0.2) is 14.3 Å². The zero-order valence-corrected chi connectivity index (χ0v) is 13.3. The van der Waals surface area contributed by atoms with Gasteiger partial charge in [-0.05, 0) is 13.8 Å². The second-order valence-corrected chi connectivity index (χ2v) is 7.77. The second-order valence-electron chi connectivity index (χ2n) is 5.04.